The molecule has 1 aliphatic rings. The van der Waals surface area contributed by atoms with Crippen LogP contribution in [0.25, 0.3) is 0 Å². The highest BCUT2D eigenvalue weighted by Gasteiger charge is 2.31. The molecular formula is C15H18F3N3O3. The smallest absolute Gasteiger partial charge is 0.406 e. The van der Waals surface area contributed by atoms with Crippen molar-refractivity contribution >= 4 is 11.8 Å². The van der Waals surface area contributed by atoms with Gasteiger partial charge in [0.1, 0.15) is 5.75 Å². The zero-order chi connectivity index (χ0) is 17.7. The minimum Gasteiger partial charge on any atom is -0.406 e. The van der Waals surface area contributed by atoms with E-state index in [0.717, 1.165) is 0 Å². The third kappa shape index (κ3) is 5.73. The van der Waals surface area contributed by atoms with Gasteiger partial charge in [-0.2, -0.15) is 0 Å². The van der Waals surface area contributed by atoms with Crippen LogP contribution >= 0.6 is 0 Å². The van der Waals surface area contributed by atoms with Gasteiger partial charge < -0.3 is 15.8 Å². The van der Waals surface area contributed by atoms with Gasteiger partial charge in [0.2, 0.25) is 11.8 Å². The van der Waals surface area contributed by atoms with Gasteiger partial charge in [-0.1, -0.05) is 12.1 Å². The van der Waals surface area contributed by atoms with E-state index in [1.54, 1.807) is 0 Å². The van der Waals surface area contributed by atoms with Crippen LogP contribution in [-0.4, -0.2) is 42.7 Å². The van der Waals surface area contributed by atoms with Crippen LogP contribution in [0.15, 0.2) is 24.3 Å². The Morgan fingerprint density at radius 2 is 1.96 bits per heavy atom. The number of carbonyl (C=O) groups is 2. The van der Waals surface area contributed by atoms with Crippen molar-refractivity contribution in [3.63, 3.8) is 0 Å². The predicted molar refractivity (Wildman–Crippen MR) is 78.7 cm³/mol. The number of benzene rings is 1. The number of hydrogen-bond acceptors (Lipinski definition) is 4. The molecule has 0 radical (unpaired) electrons. The SMILES string of the molecule is NC(=O)[C@@H]1CCN(CC(=O)NCc2ccc(OC(F)(F)F)cc2)C1. The zero-order valence-corrected chi connectivity index (χ0v) is 12.8. The Balaban J connectivity index is 1.75. The Hall–Kier alpha value is -2.29. The summed E-state index contributed by atoms with van der Waals surface area (Å²) in [5.74, 6) is -1.12. The van der Waals surface area contributed by atoms with Gasteiger partial charge in [-0.25, -0.2) is 0 Å². The summed E-state index contributed by atoms with van der Waals surface area (Å²) >= 11 is 0. The summed E-state index contributed by atoms with van der Waals surface area (Å²) in [5.41, 5.74) is 5.88. The highest BCUT2D eigenvalue weighted by atomic mass is 19.4. The molecule has 0 bridgehead atoms. The lowest BCUT2D eigenvalue weighted by molar-refractivity contribution is -0.274. The second-order valence-corrected chi connectivity index (χ2v) is 5.59. The summed E-state index contributed by atoms with van der Waals surface area (Å²) in [5, 5.41) is 2.68. The van der Waals surface area contributed by atoms with Crippen molar-refractivity contribution in [2.24, 2.45) is 11.7 Å². The van der Waals surface area contributed by atoms with Gasteiger partial charge in [0.25, 0.3) is 0 Å². The maximum Gasteiger partial charge on any atom is 0.573 e. The zero-order valence-electron chi connectivity index (χ0n) is 12.8. The molecule has 1 aliphatic heterocycles. The number of carbonyl (C=O) groups excluding carboxylic acids is 2. The molecular weight excluding hydrogens is 327 g/mol. The number of nitrogens with one attached hydrogen (secondary N) is 1. The minimum absolute atomic E-state index is 0.152. The highest BCUT2D eigenvalue weighted by Crippen LogP contribution is 2.22. The van der Waals surface area contributed by atoms with Crippen LogP contribution in [0.5, 0.6) is 5.75 Å². The summed E-state index contributed by atoms with van der Waals surface area (Å²) in [6.45, 7) is 1.44. The molecule has 24 heavy (non-hydrogen) atoms. The first kappa shape index (κ1) is 18.1. The fourth-order valence-corrected chi connectivity index (χ4v) is 2.48. The van der Waals surface area contributed by atoms with E-state index in [0.29, 0.717) is 25.1 Å². The topological polar surface area (TPSA) is 84.7 Å². The van der Waals surface area contributed by atoms with Crippen molar-refractivity contribution in [2.45, 2.75) is 19.3 Å². The van der Waals surface area contributed by atoms with Crippen LogP contribution in [0, 0.1) is 5.92 Å². The largest absolute Gasteiger partial charge is 0.573 e. The number of primary amides is 1. The molecule has 6 nitrogen and oxygen atoms in total. The Labute approximate surface area is 136 Å². The number of halogens is 3. The molecule has 0 unspecified atom stereocenters. The van der Waals surface area contributed by atoms with E-state index < -0.39 is 6.36 Å². The van der Waals surface area contributed by atoms with E-state index in [-0.39, 0.29) is 36.6 Å². The number of nitrogens with zero attached hydrogens (tertiary/aromatic N) is 1. The molecule has 1 atom stereocenters. The summed E-state index contributed by atoms with van der Waals surface area (Å²) in [6, 6.07) is 5.26. The van der Waals surface area contributed by atoms with Crippen LogP contribution < -0.4 is 15.8 Å². The quantitative estimate of drug-likeness (QED) is 0.806. The van der Waals surface area contributed by atoms with Gasteiger partial charge in [-0.15, -0.1) is 13.2 Å². The number of hydrogen-bond donors (Lipinski definition) is 2. The van der Waals surface area contributed by atoms with Gasteiger partial charge in [-0.3, -0.25) is 14.5 Å². The first-order valence-corrected chi connectivity index (χ1v) is 7.36. The first-order chi connectivity index (χ1) is 11.2. The fourth-order valence-electron chi connectivity index (χ4n) is 2.48. The van der Waals surface area contributed by atoms with Crippen molar-refractivity contribution in [1.82, 2.24) is 10.2 Å². The van der Waals surface area contributed by atoms with Gasteiger partial charge in [0.15, 0.2) is 0 Å². The third-order valence-electron chi connectivity index (χ3n) is 3.69. The number of alkyl halides is 3. The number of rotatable bonds is 6. The van der Waals surface area contributed by atoms with E-state index in [2.05, 4.69) is 10.1 Å². The van der Waals surface area contributed by atoms with Crippen LogP contribution in [0.2, 0.25) is 0 Å². The minimum atomic E-state index is -4.73. The summed E-state index contributed by atoms with van der Waals surface area (Å²) in [4.78, 5) is 24.8. The third-order valence-corrected chi connectivity index (χ3v) is 3.69. The van der Waals surface area contributed by atoms with E-state index in [1.807, 2.05) is 4.90 Å². The highest BCUT2D eigenvalue weighted by molar-refractivity contribution is 5.79. The molecule has 1 fully saturated rings. The van der Waals surface area contributed by atoms with Gasteiger partial charge in [0, 0.05) is 13.1 Å². The van der Waals surface area contributed by atoms with Gasteiger partial charge in [0.05, 0.1) is 12.5 Å². The van der Waals surface area contributed by atoms with Gasteiger partial charge >= 0.3 is 6.36 Å². The standard InChI is InChI=1S/C15H18F3N3O3/c16-15(17,18)24-12-3-1-10(2-4-12)7-20-13(22)9-21-6-5-11(8-21)14(19)23/h1-4,11H,5-9H2,(H2,19,23)(H,20,22)/t11-/m1/s1. The first-order valence-electron chi connectivity index (χ1n) is 7.36. The van der Waals surface area contributed by atoms with Crippen LogP contribution in [-0.2, 0) is 16.1 Å². The van der Waals surface area contributed by atoms with E-state index in [1.165, 1.54) is 24.3 Å². The molecule has 0 saturated carbocycles. The molecule has 1 aromatic carbocycles. The fraction of sp³-hybridized carbons (Fsp3) is 0.467. The Morgan fingerprint density at radius 3 is 2.50 bits per heavy atom. The lowest BCUT2D eigenvalue weighted by Gasteiger charge is -2.15. The molecule has 2 amide bonds. The molecule has 1 saturated heterocycles. The molecule has 0 aromatic heterocycles. The second kappa shape index (κ2) is 7.52. The second-order valence-electron chi connectivity index (χ2n) is 5.59. The van der Waals surface area contributed by atoms with E-state index >= 15 is 0 Å². The molecule has 132 valence electrons. The average Bonchev–Trinajstić information content (AvgIpc) is 2.93. The summed E-state index contributed by atoms with van der Waals surface area (Å²) < 4.78 is 39.9. The van der Waals surface area contributed by atoms with E-state index in [4.69, 9.17) is 5.73 Å². The van der Waals surface area contributed by atoms with Crippen molar-refractivity contribution in [3.8, 4) is 5.75 Å². The number of likely N-dealkylation sites (tertiary alicyclic amines) is 1. The number of nitrogens with two attached hydrogens (primary N) is 1. The molecule has 1 aromatic rings. The van der Waals surface area contributed by atoms with Crippen molar-refractivity contribution in [2.75, 3.05) is 19.6 Å². The Morgan fingerprint density at radius 1 is 1.29 bits per heavy atom. The molecule has 3 N–H and O–H groups in total. The van der Waals surface area contributed by atoms with Crippen molar-refractivity contribution < 1.29 is 27.5 Å². The molecule has 9 heteroatoms. The molecule has 2 rings (SSSR count). The number of ether oxygens (including phenoxy) is 1. The maximum absolute atomic E-state index is 12.1. The van der Waals surface area contributed by atoms with Crippen LogP contribution in [0.4, 0.5) is 13.2 Å². The normalized spacial score (nSPS) is 18.4. The van der Waals surface area contributed by atoms with Crippen LogP contribution in [0.3, 0.4) is 0 Å². The molecule has 1 heterocycles. The van der Waals surface area contributed by atoms with Crippen molar-refractivity contribution in [1.29, 1.82) is 0 Å². The lowest BCUT2D eigenvalue weighted by atomic mass is 10.1. The summed E-state index contributed by atoms with van der Waals surface area (Å²) in [6.07, 6.45) is -4.09. The summed E-state index contributed by atoms with van der Waals surface area (Å²) in [7, 11) is 0. The predicted octanol–water partition coefficient (Wildman–Crippen LogP) is 1.01. The average molecular weight is 345 g/mol. The lowest BCUT2D eigenvalue weighted by Crippen LogP contribution is -2.36. The Bertz CT molecular complexity index is 590. The molecule has 0 aliphatic carbocycles. The van der Waals surface area contributed by atoms with Gasteiger partial charge in [-0.05, 0) is 30.7 Å². The number of amides is 2. The van der Waals surface area contributed by atoms with E-state index in [9.17, 15) is 22.8 Å². The maximum atomic E-state index is 12.1. The van der Waals surface area contributed by atoms with Crippen molar-refractivity contribution in [3.05, 3.63) is 29.8 Å². The Kier molecular flexibility index (Phi) is 5.66. The molecule has 0 spiro atoms. The van der Waals surface area contributed by atoms with Crippen LogP contribution in [0.1, 0.15) is 12.0 Å². The monoisotopic (exact) mass is 345 g/mol.